The molecule has 3 aromatic rings. The second kappa shape index (κ2) is 16.7. The summed E-state index contributed by atoms with van der Waals surface area (Å²) in [5.74, 6) is 1.50. The van der Waals surface area contributed by atoms with Crippen LogP contribution in [0.3, 0.4) is 0 Å². The van der Waals surface area contributed by atoms with Gasteiger partial charge in [0.2, 0.25) is 11.9 Å². The highest BCUT2D eigenvalue weighted by Crippen LogP contribution is 2.39. The van der Waals surface area contributed by atoms with Gasteiger partial charge in [0, 0.05) is 53.8 Å². The van der Waals surface area contributed by atoms with Gasteiger partial charge < -0.3 is 25.2 Å². The zero-order valence-corrected chi connectivity index (χ0v) is 30.1. The molecule has 1 aliphatic heterocycles. The first-order chi connectivity index (χ1) is 22.4. The van der Waals surface area contributed by atoms with Crippen LogP contribution < -0.4 is 20.7 Å². The van der Waals surface area contributed by atoms with Crippen LogP contribution >= 0.6 is 19.7 Å². The van der Waals surface area contributed by atoms with E-state index < -0.39 is 8.15 Å². The minimum absolute atomic E-state index is 0.0493. The molecule has 0 radical (unpaired) electrons. The number of likely N-dealkylation sites (tertiary alicyclic amines) is 1. The number of rotatable bonds is 14. The summed E-state index contributed by atoms with van der Waals surface area (Å²) in [6, 6.07) is 11.5. The largest absolute Gasteiger partial charge is 0.489 e. The lowest BCUT2D eigenvalue weighted by Gasteiger charge is -2.38. The summed E-state index contributed by atoms with van der Waals surface area (Å²) in [5, 5.41) is 7.62. The number of halogens is 1. The quantitative estimate of drug-likeness (QED) is 0.121. The first kappa shape index (κ1) is 36.5. The maximum absolute atomic E-state index is 12.7. The van der Waals surface area contributed by atoms with Crippen LogP contribution in [0.15, 0.2) is 42.6 Å². The average molecular weight is 683 g/mol. The maximum Gasteiger partial charge on any atom is 0.229 e. The first-order valence-corrected chi connectivity index (χ1v) is 18.1. The number of aromatic nitrogens is 2. The zero-order chi connectivity index (χ0) is 34.2. The Morgan fingerprint density at radius 2 is 1.85 bits per heavy atom. The van der Waals surface area contributed by atoms with Crippen LogP contribution in [0, 0.1) is 5.92 Å². The number of para-hydroxylation sites is 1. The van der Waals surface area contributed by atoms with E-state index in [0.29, 0.717) is 40.4 Å². The number of anilines is 4. The van der Waals surface area contributed by atoms with Gasteiger partial charge in [-0.2, -0.15) is 4.98 Å². The summed E-state index contributed by atoms with van der Waals surface area (Å²) in [6.07, 6.45) is 4.85. The van der Waals surface area contributed by atoms with Crippen LogP contribution in [0.5, 0.6) is 5.75 Å². The van der Waals surface area contributed by atoms with Gasteiger partial charge in [-0.3, -0.25) is 14.5 Å². The summed E-state index contributed by atoms with van der Waals surface area (Å²) in [7, 11) is 0.683. The molecule has 2 atom stereocenters. The Bertz CT molecular complexity index is 1530. The molecule has 12 heteroatoms. The Morgan fingerprint density at radius 1 is 1.15 bits per heavy atom. The third-order valence-electron chi connectivity index (χ3n) is 8.47. The smallest absolute Gasteiger partial charge is 0.229 e. The zero-order valence-electron chi connectivity index (χ0n) is 28.5. The van der Waals surface area contributed by atoms with Gasteiger partial charge in [0.25, 0.3) is 0 Å². The van der Waals surface area contributed by atoms with E-state index in [4.69, 9.17) is 16.3 Å². The average Bonchev–Trinajstić information content (AvgIpc) is 3.06. The van der Waals surface area contributed by atoms with Crippen LogP contribution in [0.1, 0.15) is 76.7 Å². The van der Waals surface area contributed by atoms with Gasteiger partial charge in [-0.1, -0.05) is 57.5 Å². The van der Waals surface area contributed by atoms with E-state index in [1.54, 1.807) is 6.07 Å². The fourth-order valence-corrected chi connectivity index (χ4v) is 6.88. The molecule has 254 valence electrons. The maximum atomic E-state index is 12.7. The van der Waals surface area contributed by atoms with Crippen LogP contribution in [-0.2, 0) is 11.3 Å². The highest BCUT2D eigenvalue weighted by Gasteiger charge is 2.28. The molecule has 4 rings (SSSR count). The summed E-state index contributed by atoms with van der Waals surface area (Å²) in [5.41, 5.74) is 2.74. The normalized spacial score (nSPS) is 15.2. The van der Waals surface area contributed by atoms with Crippen molar-refractivity contribution in [1.82, 2.24) is 19.8 Å². The third kappa shape index (κ3) is 9.41. The summed E-state index contributed by atoms with van der Waals surface area (Å²) >= 11 is 6.50. The number of ether oxygens (including phenoxy) is 1. The third-order valence-corrected chi connectivity index (χ3v) is 10.6. The van der Waals surface area contributed by atoms with Crippen molar-refractivity contribution in [3.05, 3.63) is 58.7 Å². The SMILES string of the molecule is CCC(C)C(=O)N1CCC(N(C)Cc2cc(OC(C)C)c(Nc3ncc(Cl)c(Nc4ccccc4P(O)C(C)C)n3)cc2C=O)CC1. The molecule has 0 aliphatic carbocycles. The van der Waals surface area contributed by atoms with E-state index >= 15 is 0 Å². The number of nitrogens with zero attached hydrogens (tertiary/aromatic N) is 4. The molecule has 2 aromatic carbocycles. The number of amides is 1. The Kier molecular flexibility index (Phi) is 13.0. The minimum Gasteiger partial charge on any atom is -0.489 e. The van der Waals surface area contributed by atoms with Crippen molar-refractivity contribution in [2.75, 3.05) is 30.8 Å². The molecule has 0 spiro atoms. The highest BCUT2D eigenvalue weighted by molar-refractivity contribution is 7.61. The lowest BCUT2D eigenvalue weighted by atomic mass is 9.99. The van der Waals surface area contributed by atoms with Crippen LogP contribution in [-0.4, -0.2) is 74.8 Å². The molecular weight excluding hydrogens is 635 g/mol. The van der Waals surface area contributed by atoms with E-state index in [9.17, 15) is 14.5 Å². The second-order valence-corrected chi connectivity index (χ2v) is 15.3. The van der Waals surface area contributed by atoms with Crippen molar-refractivity contribution in [2.24, 2.45) is 5.92 Å². The van der Waals surface area contributed by atoms with Gasteiger partial charge in [0.1, 0.15) is 17.1 Å². The van der Waals surface area contributed by atoms with Gasteiger partial charge in [0.15, 0.2) is 5.82 Å². The van der Waals surface area contributed by atoms with Crippen molar-refractivity contribution in [3.8, 4) is 5.75 Å². The number of hydrogen-bond acceptors (Lipinski definition) is 9. The molecule has 0 saturated carbocycles. The number of carbonyl (C=O) groups is 2. The number of benzene rings is 2. The van der Waals surface area contributed by atoms with Crippen LogP contribution in [0.4, 0.5) is 23.1 Å². The van der Waals surface area contributed by atoms with Crippen molar-refractivity contribution in [1.29, 1.82) is 0 Å². The van der Waals surface area contributed by atoms with E-state index in [0.717, 1.165) is 55.2 Å². The Labute approximate surface area is 285 Å². The van der Waals surface area contributed by atoms with Gasteiger partial charge in [-0.05, 0) is 63.9 Å². The molecule has 1 saturated heterocycles. The predicted octanol–water partition coefficient (Wildman–Crippen LogP) is 7.11. The second-order valence-electron chi connectivity index (χ2n) is 12.7. The Hall–Kier alpha value is -3.30. The molecule has 1 fully saturated rings. The number of carbonyl (C=O) groups excluding carboxylic acids is 2. The molecule has 1 aromatic heterocycles. The van der Waals surface area contributed by atoms with Gasteiger partial charge in [-0.25, -0.2) is 4.98 Å². The van der Waals surface area contributed by atoms with E-state index in [1.165, 1.54) is 6.20 Å². The van der Waals surface area contributed by atoms with E-state index in [-0.39, 0.29) is 29.5 Å². The summed E-state index contributed by atoms with van der Waals surface area (Å²) in [4.78, 5) is 49.1. The van der Waals surface area contributed by atoms with Crippen molar-refractivity contribution < 1.29 is 19.2 Å². The predicted molar refractivity (Wildman–Crippen MR) is 192 cm³/mol. The molecule has 1 aliphatic rings. The number of hydrogen-bond donors (Lipinski definition) is 3. The number of nitrogens with one attached hydrogen (secondary N) is 2. The molecule has 10 nitrogen and oxygen atoms in total. The molecule has 47 heavy (non-hydrogen) atoms. The molecule has 1 amide bonds. The topological polar surface area (TPSA) is 120 Å². The molecular formula is C35H48ClN6O4P. The molecule has 2 heterocycles. The van der Waals surface area contributed by atoms with Gasteiger partial charge >= 0.3 is 0 Å². The highest BCUT2D eigenvalue weighted by atomic mass is 35.5. The van der Waals surface area contributed by atoms with Crippen LogP contribution in [0.2, 0.25) is 5.02 Å². The fourth-order valence-electron chi connectivity index (χ4n) is 5.57. The molecule has 0 bridgehead atoms. The lowest BCUT2D eigenvalue weighted by molar-refractivity contribution is -0.136. The Morgan fingerprint density at radius 3 is 2.49 bits per heavy atom. The standard InChI is InChI=1S/C35H48ClN6O4P/c1-8-24(6)34(44)42-15-13-27(14-16-42)41(7)20-25-18-31(46-22(2)3)30(17-26(25)21-43)39-35-37-19-28(36)33(40-35)38-29-11-9-10-12-32(29)47(45)23(4)5/h9-12,17-19,21-24,27,45H,8,13-16,20H2,1-7H3,(H2,37,38,39,40). The monoisotopic (exact) mass is 682 g/mol. The van der Waals surface area contributed by atoms with E-state index in [1.807, 2.05) is 76.8 Å². The number of piperidine rings is 1. The number of aldehydes is 1. The lowest BCUT2D eigenvalue weighted by Crippen LogP contribution is -2.46. The Balaban J connectivity index is 1.55. The molecule has 2 unspecified atom stereocenters. The van der Waals surface area contributed by atoms with E-state index in [2.05, 4.69) is 32.5 Å². The van der Waals surface area contributed by atoms with Crippen LogP contribution in [0.25, 0.3) is 0 Å². The van der Waals surface area contributed by atoms with Gasteiger partial charge in [-0.15, -0.1) is 0 Å². The summed E-state index contributed by atoms with van der Waals surface area (Å²) in [6.45, 7) is 13.9. The first-order valence-electron chi connectivity index (χ1n) is 16.3. The molecule has 3 N–H and O–H groups in total. The van der Waals surface area contributed by atoms with Crippen molar-refractivity contribution in [2.45, 2.75) is 85.2 Å². The van der Waals surface area contributed by atoms with Crippen molar-refractivity contribution in [3.63, 3.8) is 0 Å². The minimum atomic E-state index is -1.38. The summed E-state index contributed by atoms with van der Waals surface area (Å²) < 4.78 is 6.21. The van der Waals surface area contributed by atoms with Gasteiger partial charge in [0.05, 0.1) is 26.1 Å². The fraction of sp³-hybridized carbons (Fsp3) is 0.486. The van der Waals surface area contributed by atoms with Crippen molar-refractivity contribution >= 4 is 60.4 Å².